The van der Waals surface area contributed by atoms with E-state index in [0.717, 1.165) is 4.31 Å². The molecule has 1 aliphatic heterocycles. The van der Waals surface area contributed by atoms with E-state index in [-0.39, 0.29) is 31.0 Å². The number of rotatable bonds is 6. The Morgan fingerprint density at radius 1 is 1.23 bits per heavy atom. The maximum atomic E-state index is 12.6. The Kier molecular flexibility index (Phi) is 6.92. The molecule has 0 aromatic heterocycles. The first-order valence-electron chi connectivity index (χ1n) is 9.59. The van der Waals surface area contributed by atoms with E-state index in [1.165, 1.54) is 0 Å². The Hall–Kier alpha value is -1.86. The Bertz CT molecular complexity index is 987. The van der Waals surface area contributed by atoms with Crippen LogP contribution in [0.5, 0.6) is 0 Å². The summed E-state index contributed by atoms with van der Waals surface area (Å²) >= 11 is 12.2. The Morgan fingerprint density at radius 3 is 2.50 bits per heavy atom. The van der Waals surface area contributed by atoms with E-state index in [0.29, 0.717) is 34.9 Å². The number of halogens is 2. The first-order chi connectivity index (χ1) is 14.1. The summed E-state index contributed by atoms with van der Waals surface area (Å²) < 4.78 is 28.0. The predicted molar refractivity (Wildman–Crippen MR) is 112 cm³/mol. The van der Waals surface area contributed by atoms with Crippen LogP contribution in [0, 0.1) is 29.1 Å². The van der Waals surface area contributed by atoms with E-state index in [1.54, 1.807) is 25.1 Å². The number of hydrogen-bond donors (Lipinski definition) is 2. The van der Waals surface area contributed by atoms with Gasteiger partial charge in [-0.1, -0.05) is 23.2 Å². The quantitative estimate of drug-likeness (QED) is 0.658. The van der Waals surface area contributed by atoms with E-state index in [2.05, 4.69) is 5.32 Å². The zero-order valence-electron chi connectivity index (χ0n) is 16.3. The minimum Gasteiger partial charge on any atom is -0.349 e. The largest absolute Gasteiger partial charge is 0.349 e. The fourth-order valence-electron chi connectivity index (χ4n) is 3.51. The van der Waals surface area contributed by atoms with E-state index in [1.807, 2.05) is 10.8 Å². The highest BCUT2D eigenvalue weighted by molar-refractivity contribution is 7.87. The highest BCUT2D eigenvalue weighted by atomic mass is 35.5. The van der Waals surface area contributed by atoms with Gasteiger partial charge in [-0.3, -0.25) is 9.59 Å². The maximum Gasteiger partial charge on any atom is 0.303 e. The predicted octanol–water partition coefficient (Wildman–Crippen LogP) is 2.40. The van der Waals surface area contributed by atoms with Gasteiger partial charge < -0.3 is 5.32 Å². The summed E-state index contributed by atoms with van der Waals surface area (Å²) in [6.45, 7) is 2.05. The normalized spacial score (nSPS) is 23.3. The second kappa shape index (κ2) is 9.10. The number of carbonyl (C=O) groups is 2. The minimum absolute atomic E-state index is 0.124. The zero-order chi connectivity index (χ0) is 22.1. The molecule has 1 aromatic carbocycles. The third-order valence-corrected chi connectivity index (χ3v) is 7.55. The van der Waals surface area contributed by atoms with Crippen molar-refractivity contribution in [1.82, 2.24) is 14.3 Å². The molecule has 0 radical (unpaired) electrons. The monoisotopic (exact) mass is 472 g/mol. The van der Waals surface area contributed by atoms with Crippen LogP contribution in [-0.4, -0.2) is 37.6 Å². The van der Waals surface area contributed by atoms with Gasteiger partial charge >= 0.3 is 10.2 Å². The molecular weight excluding hydrogens is 451 g/mol. The van der Waals surface area contributed by atoms with Gasteiger partial charge in [0.05, 0.1) is 23.9 Å². The maximum absolute atomic E-state index is 12.6. The van der Waals surface area contributed by atoms with Crippen LogP contribution >= 0.6 is 23.2 Å². The van der Waals surface area contributed by atoms with Crippen molar-refractivity contribution in [3.63, 3.8) is 0 Å². The second-order valence-electron chi connectivity index (χ2n) is 7.62. The lowest BCUT2D eigenvalue weighted by Gasteiger charge is -2.31. The average molecular weight is 473 g/mol. The third-order valence-electron chi connectivity index (χ3n) is 5.47. The van der Waals surface area contributed by atoms with Gasteiger partial charge in [-0.2, -0.15) is 18.0 Å². The molecule has 8 nitrogen and oxygen atoms in total. The average Bonchev–Trinajstić information content (AvgIpc) is 3.49. The molecule has 2 N–H and O–H groups in total. The topological polar surface area (TPSA) is 119 Å². The molecule has 1 aliphatic carbocycles. The summed E-state index contributed by atoms with van der Waals surface area (Å²) in [6.07, 6.45) is 1.05. The van der Waals surface area contributed by atoms with Crippen molar-refractivity contribution >= 4 is 45.2 Å². The Balaban J connectivity index is 1.52. The van der Waals surface area contributed by atoms with Gasteiger partial charge in [0, 0.05) is 29.1 Å². The highest BCUT2D eigenvalue weighted by Crippen LogP contribution is 2.38. The second-order valence-corrected chi connectivity index (χ2v) is 10.1. The van der Waals surface area contributed by atoms with Crippen molar-refractivity contribution in [3.8, 4) is 6.07 Å². The molecule has 1 aromatic rings. The summed E-state index contributed by atoms with van der Waals surface area (Å²) in [4.78, 5) is 24.6. The van der Waals surface area contributed by atoms with Crippen LogP contribution in [0.3, 0.4) is 0 Å². The molecule has 2 fully saturated rings. The van der Waals surface area contributed by atoms with E-state index < -0.39 is 28.0 Å². The van der Waals surface area contributed by atoms with Crippen molar-refractivity contribution in [3.05, 3.63) is 33.8 Å². The van der Waals surface area contributed by atoms with Gasteiger partial charge in [-0.25, -0.2) is 4.72 Å². The third kappa shape index (κ3) is 5.24. The molecule has 3 rings (SSSR count). The van der Waals surface area contributed by atoms with Crippen molar-refractivity contribution < 1.29 is 18.0 Å². The van der Waals surface area contributed by atoms with Gasteiger partial charge in [0.15, 0.2) is 0 Å². The lowest BCUT2D eigenvalue weighted by atomic mass is 9.96. The number of piperidine rings is 1. The number of nitrogens with one attached hydrogen (secondary N) is 2. The molecule has 1 saturated carbocycles. The van der Waals surface area contributed by atoms with Crippen LogP contribution in [0.2, 0.25) is 10.0 Å². The fourth-order valence-corrected chi connectivity index (χ4v) is 5.20. The molecule has 1 heterocycles. The molecule has 3 atom stereocenters. The Morgan fingerprint density at radius 2 is 1.90 bits per heavy atom. The number of hydrogen-bond acceptors (Lipinski definition) is 5. The fraction of sp³-hybridized carbons (Fsp3) is 0.526. The van der Waals surface area contributed by atoms with Crippen molar-refractivity contribution in [2.24, 2.45) is 17.8 Å². The van der Waals surface area contributed by atoms with E-state index in [4.69, 9.17) is 28.5 Å². The number of amides is 2. The highest BCUT2D eigenvalue weighted by Gasteiger charge is 2.45. The van der Waals surface area contributed by atoms with E-state index >= 15 is 0 Å². The number of nitrogens with zero attached hydrogens (tertiary/aromatic N) is 2. The zero-order valence-corrected chi connectivity index (χ0v) is 18.6. The molecule has 2 aliphatic rings. The van der Waals surface area contributed by atoms with Crippen molar-refractivity contribution in [2.75, 3.05) is 13.1 Å². The lowest BCUT2D eigenvalue weighted by Crippen LogP contribution is -2.49. The lowest BCUT2D eigenvalue weighted by molar-refractivity contribution is -0.127. The molecule has 30 heavy (non-hydrogen) atoms. The standard InChI is InChI=1S/C19H22Cl2N4O4S/c1-11(15-9-14(20)2-3-17(15)21)23-18(26)12-4-6-25(7-5-12)30(28,29)24-19(27)16-8-13(16)10-22/h2-3,9,11-13,16H,4-8H2,1H3,(H,23,26)(H,24,27)/t11-,13+,16-/m1/s1. The molecule has 0 bridgehead atoms. The van der Waals surface area contributed by atoms with Gasteiger partial charge in [-0.05, 0) is 49.9 Å². The van der Waals surface area contributed by atoms with Crippen molar-refractivity contribution in [2.45, 2.75) is 32.2 Å². The first-order valence-corrected chi connectivity index (χ1v) is 11.8. The first kappa shape index (κ1) is 22.8. The molecule has 2 amide bonds. The van der Waals surface area contributed by atoms with Crippen LogP contribution in [0.1, 0.15) is 37.8 Å². The van der Waals surface area contributed by atoms with Crippen LogP contribution in [0.4, 0.5) is 0 Å². The van der Waals surface area contributed by atoms with Crippen molar-refractivity contribution in [1.29, 1.82) is 5.26 Å². The van der Waals surface area contributed by atoms with Gasteiger partial charge in [0.2, 0.25) is 11.8 Å². The summed E-state index contributed by atoms with van der Waals surface area (Å²) in [5.41, 5.74) is 0.705. The van der Waals surface area contributed by atoms with Crippen LogP contribution in [0.15, 0.2) is 18.2 Å². The van der Waals surface area contributed by atoms with Gasteiger partial charge in [0.25, 0.3) is 0 Å². The number of benzene rings is 1. The number of carbonyl (C=O) groups excluding carboxylic acids is 2. The SMILES string of the molecule is C[C@@H](NC(=O)C1CCN(S(=O)(=O)NC(=O)[C@@H]2C[C@H]2C#N)CC1)c1cc(Cl)ccc1Cl. The van der Waals surface area contributed by atoms with Crippen LogP contribution < -0.4 is 10.0 Å². The molecule has 162 valence electrons. The molecule has 0 spiro atoms. The number of nitriles is 1. The summed E-state index contributed by atoms with van der Waals surface area (Å²) in [7, 11) is -3.98. The summed E-state index contributed by atoms with van der Waals surface area (Å²) in [6, 6.07) is 6.64. The molecule has 1 saturated heterocycles. The molecule has 0 unspecified atom stereocenters. The van der Waals surface area contributed by atoms with Gasteiger partial charge in [-0.15, -0.1) is 0 Å². The molecule has 11 heteroatoms. The Labute approximate surface area is 185 Å². The summed E-state index contributed by atoms with van der Waals surface area (Å²) in [5, 5.41) is 12.7. The summed E-state index contributed by atoms with van der Waals surface area (Å²) in [5.74, 6) is -2.15. The van der Waals surface area contributed by atoms with Gasteiger partial charge in [0.1, 0.15) is 0 Å². The molecular formula is C19H22Cl2N4O4S. The van der Waals surface area contributed by atoms with E-state index in [9.17, 15) is 18.0 Å². The van der Waals surface area contributed by atoms with Crippen LogP contribution in [-0.2, 0) is 19.8 Å². The smallest absolute Gasteiger partial charge is 0.303 e. The van der Waals surface area contributed by atoms with Crippen LogP contribution in [0.25, 0.3) is 0 Å². The minimum atomic E-state index is -3.98.